The molecule has 3 heteroatoms. The van der Waals surface area contributed by atoms with E-state index in [2.05, 4.69) is 41.2 Å². The summed E-state index contributed by atoms with van der Waals surface area (Å²) in [5, 5.41) is 3.43. The van der Waals surface area contributed by atoms with Crippen molar-refractivity contribution in [2.75, 3.05) is 18.0 Å². The van der Waals surface area contributed by atoms with Gasteiger partial charge in [-0.25, -0.2) is 4.98 Å². The second kappa shape index (κ2) is 7.49. The van der Waals surface area contributed by atoms with Gasteiger partial charge in [-0.1, -0.05) is 32.8 Å². The molecule has 1 aliphatic heterocycles. The van der Waals surface area contributed by atoms with E-state index < -0.39 is 0 Å². The summed E-state index contributed by atoms with van der Waals surface area (Å²) in [7, 11) is 0. The number of anilines is 1. The van der Waals surface area contributed by atoms with Crippen LogP contribution in [0.25, 0.3) is 0 Å². The van der Waals surface area contributed by atoms with Crippen molar-refractivity contribution in [1.82, 2.24) is 10.3 Å². The molecule has 1 N–H and O–H groups in total. The largest absolute Gasteiger partial charge is 0.353 e. The number of hydrogen-bond donors (Lipinski definition) is 1. The van der Waals surface area contributed by atoms with Crippen molar-refractivity contribution in [1.29, 1.82) is 0 Å². The van der Waals surface area contributed by atoms with Gasteiger partial charge in [0, 0.05) is 30.9 Å². The highest BCUT2D eigenvalue weighted by Gasteiger charge is 2.22. The minimum absolute atomic E-state index is 0.665. The molecule has 0 bridgehead atoms. The third-order valence-electron chi connectivity index (χ3n) is 4.05. The first-order chi connectivity index (χ1) is 9.36. The van der Waals surface area contributed by atoms with E-state index in [-0.39, 0.29) is 0 Å². The molecule has 1 aromatic rings. The molecule has 0 radical (unpaired) electrons. The van der Waals surface area contributed by atoms with Crippen LogP contribution in [-0.2, 0) is 6.54 Å². The lowest BCUT2D eigenvalue weighted by atomic mass is 10.1. The standard InChI is InChI=1S/C16H27N3/c1-3-15-10-6-5-7-12-19(15)16-14(13-17-4-2)9-8-11-18-16/h8-9,11,15,17H,3-7,10,12-13H2,1-2H3. The van der Waals surface area contributed by atoms with E-state index in [1.165, 1.54) is 43.5 Å². The zero-order chi connectivity index (χ0) is 13.5. The van der Waals surface area contributed by atoms with Crippen LogP contribution < -0.4 is 10.2 Å². The number of rotatable bonds is 5. The number of pyridine rings is 1. The fraction of sp³-hybridized carbons (Fsp3) is 0.688. The SMILES string of the molecule is CCNCc1cccnc1N1CCCCCC1CC. The molecule has 2 heterocycles. The van der Waals surface area contributed by atoms with Crippen LogP contribution in [0.4, 0.5) is 5.82 Å². The molecule has 1 aromatic heterocycles. The highest BCUT2D eigenvalue weighted by Crippen LogP contribution is 2.26. The lowest BCUT2D eigenvalue weighted by Gasteiger charge is -2.32. The summed E-state index contributed by atoms with van der Waals surface area (Å²) in [5.74, 6) is 1.21. The Bertz CT molecular complexity index is 378. The zero-order valence-electron chi connectivity index (χ0n) is 12.4. The van der Waals surface area contributed by atoms with Gasteiger partial charge in [0.05, 0.1) is 0 Å². The first-order valence-corrected chi connectivity index (χ1v) is 7.78. The topological polar surface area (TPSA) is 28.2 Å². The van der Waals surface area contributed by atoms with Crippen molar-refractivity contribution >= 4 is 5.82 Å². The fourth-order valence-electron chi connectivity index (χ4n) is 2.97. The summed E-state index contributed by atoms with van der Waals surface area (Å²) in [6.45, 7) is 7.54. The predicted octanol–water partition coefficient (Wildman–Crippen LogP) is 3.35. The maximum atomic E-state index is 4.68. The first-order valence-electron chi connectivity index (χ1n) is 7.78. The summed E-state index contributed by atoms with van der Waals surface area (Å²) >= 11 is 0. The van der Waals surface area contributed by atoms with Crippen LogP contribution in [-0.4, -0.2) is 24.1 Å². The van der Waals surface area contributed by atoms with Crippen LogP contribution in [0.15, 0.2) is 18.3 Å². The Morgan fingerprint density at radius 1 is 1.32 bits per heavy atom. The molecular weight excluding hydrogens is 234 g/mol. The van der Waals surface area contributed by atoms with Crippen molar-refractivity contribution < 1.29 is 0 Å². The predicted molar refractivity (Wildman–Crippen MR) is 81.5 cm³/mol. The van der Waals surface area contributed by atoms with E-state index in [0.717, 1.165) is 19.6 Å². The summed E-state index contributed by atoms with van der Waals surface area (Å²) in [5.41, 5.74) is 1.34. The van der Waals surface area contributed by atoms with Crippen LogP contribution in [0.5, 0.6) is 0 Å². The van der Waals surface area contributed by atoms with E-state index in [4.69, 9.17) is 0 Å². The zero-order valence-corrected chi connectivity index (χ0v) is 12.4. The Balaban J connectivity index is 2.21. The summed E-state index contributed by atoms with van der Waals surface area (Å²) in [4.78, 5) is 7.24. The third kappa shape index (κ3) is 3.69. The van der Waals surface area contributed by atoms with Crippen molar-refractivity contribution in [3.63, 3.8) is 0 Å². The number of hydrogen-bond acceptors (Lipinski definition) is 3. The average molecular weight is 261 g/mol. The van der Waals surface area contributed by atoms with E-state index in [1.54, 1.807) is 0 Å². The lowest BCUT2D eigenvalue weighted by Crippen LogP contribution is -2.36. The quantitative estimate of drug-likeness (QED) is 0.881. The Hall–Kier alpha value is -1.09. The molecule has 0 amide bonds. The Morgan fingerprint density at radius 2 is 2.21 bits per heavy atom. The molecule has 1 saturated heterocycles. The Kier molecular flexibility index (Phi) is 5.64. The Labute approximate surface area is 117 Å². The molecular formula is C16H27N3. The first kappa shape index (κ1) is 14.3. The molecule has 2 rings (SSSR count). The average Bonchev–Trinajstić information content (AvgIpc) is 2.70. The number of nitrogens with one attached hydrogen (secondary N) is 1. The van der Waals surface area contributed by atoms with Gasteiger partial charge in [-0.2, -0.15) is 0 Å². The van der Waals surface area contributed by atoms with Gasteiger partial charge in [0.2, 0.25) is 0 Å². The number of nitrogens with zero attached hydrogens (tertiary/aromatic N) is 2. The normalized spacial score (nSPS) is 20.3. The van der Waals surface area contributed by atoms with Crippen LogP contribution in [0.2, 0.25) is 0 Å². The monoisotopic (exact) mass is 261 g/mol. The van der Waals surface area contributed by atoms with Crippen molar-refractivity contribution in [2.45, 2.75) is 58.5 Å². The van der Waals surface area contributed by atoms with Gasteiger partial charge in [0.15, 0.2) is 0 Å². The fourth-order valence-corrected chi connectivity index (χ4v) is 2.97. The second-order valence-electron chi connectivity index (χ2n) is 5.37. The molecule has 1 aliphatic rings. The molecule has 1 unspecified atom stereocenters. The van der Waals surface area contributed by atoms with Crippen LogP contribution in [0.1, 0.15) is 51.5 Å². The molecule has 1 atom stereocenters. The maximum Gasteiger partial charge on any atom is 0.133 e. The molecule has 0 spiro atoms. The van der Waals surface area contributed by atoms with Crippen LogP contribution in [0, 0.1) is 0 Å². The van der Waals surface area contributed by atoms with Gasteiger partial charge in [-0.05, 0) is 31.9 Å². The Morgan fingerprint density at radius 3 is 3.00 bits per heavy atom. The van der Waals surface area contributed by atoms with Crippen molar-refractivity contribution in [2.24, 2.45) is 0 Å². The molecule has 0 aliphatic carbocycles. The van der Waals surface area contributed by atoms with Gasteiger partial charge >= 0.3 is 0 Å². The van der Waals surface area contributed by atoms with Crippen LogP contribution >= 0.6 is 0 Å². The molecule has 0 saturated carbocycles. The number of aromatic nitrogens is 1. The minimum atomic E-state index is 0.665. The van der Waals surface area contributed by atoms with Gasteiger partial charge in [0.1, 0.15) is 5.82 Å². The smallest absolute Gasteiger partial charge is 0.133 e. The third-order valence-corrected chi connectivity index (χ3v) is 4.05. The van der Waals surface area contributed by atoms with E-state index in [1.807, 2.05) is 6.20 Å². The minimum Gasteiger partial charge on any atom is -0.353 e. The molecule has 0 aromatic carbocycles. The van der Waals surface area contributed by atoms with Gasteiger partial charge < -0.3 is 10.2 Å². The maximum absolute atomic E-state index is 4.68. The van der Waals surface area contributed by atoms with E-state index in [0.29, 0.717) is 6.04 Å². The van der Waals surface area contributed by atoms with Gasteiger partial charge in [-0.15, -0.1) is 0 Å². The highest BCUT2D eigenvalue weighted by atomic mass is 15.2. The van der Waals surface area contributed by atoms with E-state index >= 15 is 0 Å². The van der Waals surface area contributed by atoms with Crippen molar-refractivity contribution in [3.05, 3.63) is 23.9 Å². The summed E-state index contributed by atoms with van der Waals surface area (Å²) < 4.78 is 0. The summed E-state index contributed by atoms with van der Waals surface area (Å²) in [6, 6.07) is 4.93. The molecule has 19 heavy (non-hydrogen) atoms. The summed E-state index contributed by atoms with van der Waals surface area (Å²) in [6.07, 6.45) is 8.49. The molecule has 106 valence electrons. The van der Waals surface area contributed by atoms with Crippen LogP contribution in [0.3, 0.4) is 0 Å². The molecule has 1 fully saturated rings. The van der Waals surface area contributed by atoms with Gasteiger partial charge in [-0.3, -0.25) is 0 Å². The molecule has 3 nitrogen and oxygen atoms in total. The second-order valence-corrected chi connectivity index (χ2v) is 5.37. The highest BCUT2D eigenvalue weighted by molar-refractivity contribution is 5.47. The lowest BCUT2D eigenvalue weighted by molar-refractivity contribution is 0.549. The van der Waals surface area contributed by atoms with E-state index in [9.17, 15) is 0 Å². The van der Waals surface area contributed by atoms with Gasteiger partial charge in [0.25, 0.3) is 0 Å². The van der Waals surface area contributed by atoms with Crippen molar-refractivity contribution in [3.8, 4) is 0 Å².